The number of rotatable bonds is 2. The third-order valence-electron chi connectivity index (χ3n) is 4.14. The molecule has 1 aromatic heterocycles. The molecule has 126 valence electrons. The molecule has 2 rings (SSSR count). The Balaban J connectivity index is 2.49. The number of aromatic nitrogens is 1. The second-order valence-electron chi connectivity index (χ2n) is 6.23. The molecule has 9 heteroatoms. The fourth-order valence-electron chi connectivity index (χ4n) is 2.07. The van der Waals surface area contributed by atoms with Gasteiger partial charge in [0.1, 0.15) is 5.69 Å². The number of hydrogen-bond acceptors (Lipinski definition) is 5. The third kappa shape index (κ3) is 3.21. The van der Waals surface area contributed by atoms with Gasteiger partial charge in [-0.3, -0.25) is 4.98 Å². The normalized spacial score (nSPS) is 19.7. The van der Waals surface area contributed by atoms with Crippen molar-refractivity contribution in [2.75, 3.05) is 7.11 Å². The SMILES string of the molecule is COC(=O)c1cc(C(F)(F)F)ncc1B1OC(C)(C)C(C)(C)O1. The van der Waals surface area contributed by atoms with E-state index in [1.165, 1.54) is 0 Å². The molecule has 0 aliphatic carbocycles. The third-order valence-corrected chi connectivity index (χ3v) is 4.14. The zero-order chi connectivity index (χ0) is 17.6. The Morgan fingerprint density at radius 1 is 1.22 bits per heavy atom. The molecule has 23 heavy (non-hydrogen) atoms. The van der Waals surface area contributed by atoms with Crippen LogP contribution in [0.25, 0.3) is 0 Å². The van der Waals surface area contributed by atoms with E-state index in [2.05, 4.69) is 9.72 Å². The molecule has 0 spiro atoms. The van der Waals surface area contributed by atoms with Crippen molar-refractivity contribution in [3.63, 3.8) is 0 Å². The van der Waals surface area contributed by atoms with Crippen LogP contribution >= 0.6 is 0 Å². The summed E-state index contributed by atoms with van der Waals surface area (Å²) in [5, 5.41) is 0. The minimum atomic E-state index is -4.67. The lowest BCUT2D eigenvalue weighted by atomic mass is 9.77. The number of methoxy groups -OCH3 is 1. The van der Waals surface area contributed by atoms with Crippen molar-refractivity contribution in [3.05, 3.63) is 23.5 Å². The summed E-state index contributed by atoms with van der Waals surface area (Å²) >= 11 is 0. The van der Waals surface area contributed by atoms with Crippen LogP contribution in [0.2, 0.25) is 0 Å². The van der Waals surface area contributed by atoms with Gasteiger partial charge in [0, 0.05) is 11.7 Å². The molecule has 5 nitrogen and oxygen atoms in total. The number of carbonyl (C=O) groups excluding carboxylic acids is 1. The molecule has 2 heterocycles. The van der Waals surface area contributed by atoms with Crippen LogP contribution in [0, 0.1) is 0 Å². The van der Waals surface area contributed by atoms with Crippen LogP contribution in [0.1, 0.15) is 43.7 Å². The van der Waals surface area contributed by atoms with E-state index in [-0.39, 0.29) is 11.0 Å². The quantitative estimate of drug-likeness (QED) is 0.614. The van der Waals surface area contributed by atoms with Gasteiger partial charge in [-0.05, 0) is 33.8 Å². The average molecular weight is 331 g/mol. The lowest BCUT2D eigenvalue weighted by Crippen LogP contribution is -2.41. The highest BCUT2D eigenvalue weighted by atomic mass is 19.4. The molecule has 0 N–H and O–H groups in total. The van der Waals surface area contributed by atoms with Crippen LogP contribution in [-0.2, 0) is 20.2 Å². The van der Waals surface area contributed by atoms with Gasteiger partial charge in [0.05, 0.1) is 23.9 Å². The summed E-state index contributed by atoms with van der Waals surface area (Å²) in [6, 6.07) is 0.645. The summed E-state index contributed by atoms with van der Waals surface area (Å²) in [6.07, 6.45) is -3.73. The summed E-state index contributed by atoms with van der Waals surface area (Å²) in [7, 11) is 0.0770. The van der Waals surface area contributed by atoms with E-state index in [0.717, 1.165) is 13.3 Å². The maximum atomic E-state index is 12.8. The highest BCUT2D eigenvalue weighted by molar-refractivity contribution is 6.63. The summed E-state index contributed by atoms with van der Waals surface area (Å²) in [6.45, 7) is 7.18. The van der Waals surface area contributed by atoms with Gasteiger partial charge >= 0.3 is 19.3 Å². The molecule has 0 bridgehead atoms. The Bertz CT molecular complexity index is 615. The summed E-state index contributed by atoms with van der Waals surface area (Å²) in [5.74, 6) is -0.914. The lowest BCUT2D eigenvalue weighted by Gasteiger charge is -2.32. The van der Waals surface area contributed by atoms with Crippen LogP contribution in [0.15, 0.2) is 12.3 Å². The Morgan fingerprint density at radius 2 is 1.74 bits per heavy atom. The fourth-order valence-corrected chi connectivity index (χ4v) is 2.07. The Hall–Kier alpha value is -1.61. The molecule has 0 amide bonds. The number of halogens is 3. The minimum Gasteiger partial charge on any atom is -0.465 e. The maximum absolute atomic E-state index is 12.8. The average Bonchev–Trinajstić information content (AvgIpc) is 2.65. The maximum Gasteiger partial charge on any atom is 0.497 e. The van der Waals surface area contributed by atoms with Gasteiger partial charge in [-0.15, -0.1) is 0 Å². The van der Waals surface area contributed by atoms with Gasteiger partial charge in [-0.2, -0.15) is 13.2 Å². The molecule has 0 radical (unpaired) electrons. The Morgan fingerprint density at radius 3 is 2.17 bits per heavy atom. The van der Waals surface area contributed by atoms with Gasteiger partial charge in [-0.25, -0.2) is 4.79 Å². The van der Waals surface area contributed by atoms with Crippen molar-refractivity contribution in [2.45, 2.75) is 45.1 Å². The van der Waals surface area contributed by atoms with Crippen molar-refractivity contribution >= 4 is 18.6 Å². The van der Waals surface area contributed by atoms with E-state index in [4.69, 9.17) is 9.31 Å². The molecule has 1 saturated heterocycles. The van der Waals surface area contributed by atoms with E-state index < -0.39 is 36.2 Å². The van der Waals surface area contributed by atoms with E-state index >= 15 is 0 Å². The van der Waals surface area contributed by atoms with E-state index in [1.807, 2.05) is 0 Å². The Labute approximate surface area is 132 Å². The number of carbonyl (C=O) groups is 1. The predicted molar refractivity (Wildman–Crippen MR) is 76.3 cm³/mol. The highest BCUT2D eigenvalue weighted by Crippen LogP contribution is 2.37. The number of esters is 1. The van der Waals surface area contributed by atoms with Gasteiger partial charge in [0.2, 0.25) is 0 Å². The molecule has 0 saturated carbocycles. The lowest BCUT2D eigenvalue weighted by molar-refractivity contribution is -0.141. The topological polar surface area (TPSA) is 57.7 Å². The first kappa shape index (κ1) is 17.7. The van der Waals surface area contributed by atoms with Crippen molar-refractivity contribution < 1.29 is 32.0 Å². The summed E-state index contributed by atoms with van der Waals surface area (Å²) in [4.78, 5) is 15.2. The van der Waals surface area contributed by atoms with Gasteiger partial charge < -0.3 is 14.0 Å². The van der Waals surface area contributed by atoms with Crippen molar-refractivity contribution in [1.82, 2.24) is 4.98 Å². The molecule has 1 aromatic rings. The van der Waals surface area contributed by atoms with Gasteiger partial charge in [-0.1, -0.05) is 0 Å². The smallest absolute Gasteiger partial charge is 0.465 e. The van der Waals surface area contributed by atoms with Crippen LogP contribution in [-0.4, -0.2) is 36.4 Å². The second kappa shape index (κ2) is 5.49. The van der Waals surface area contributed by atoms with Crippen molar-refractivity contribution in [3.8, 4) is 0 Å². The highest BCUT2D eigenvalue weighted by Gasteiger charge is 2.53. The molecule has 1 aliphatic heterocycles. The summed E-state index contributed by atoms with van der Waals surface area (Å²) in [5.41, 5.74) is -2.77. The van der Waals surface area contributed by atoms with Gasteiger partial charge in [0.15, 0.2) is 0 Å². The minimum absolute atomic E-state index is 0.100. The monoisotopic (exact) mass is 331 g/mol. The number of alkyl halides is 3. The number of nitrogens with zero attached hydrogens (tertiary/aromatic N) is 1. The number of pyridine rings is 1. The second-order valence-corrected chi connectivity index (χ2v) is 6.23. The van der Waals surface area contributed by atoms with Crippen LogP contribution in [0.5, 0.6) is 0 Å². The largest absolute Gasteiger partial charge is 0.497 e. The van der Waals surface area contributed by atoms with E-state index in [9.17, 15) is 18.0 Å². The first-order valence-electron chi connectivity index (χ1n) is 6.90. The van der Waals surface area contributed by atoms with E-state index in [1.54, 1.807) is 27.7 Å². The molecular weight excluding hydrogens is 314 g/mol. The Kier molecular flexibility index (Phi) is 4.23. The molecule has 1 fully saturated rings. The fraction of sp³-hybridized carbons (Fsp3) is 0.571. The number of ether oxygens (including phenoxy) is 1. The molecule has 0 aromatic carbocycles. The predicted octanol–water partition coefficient (Wildman–Crippen LogP) is 2.19. The van der Waals surface area contributed by atoms with Crippen molar-refractivity contribution in [1.29, 1.82) is 0 Å². The molecule has 0 unspecified atom stereocenters. The number of hydrogen-bond donors (Lipinski definition) is 0. The first-order chi connectivity index (χ1) is 10.4. The zero-order valence-electron chi connectivity index (χ0n) is 13.4. The first-order valence-corrected chi connectivity index (χ1v) is 6.90. The van der Waals surface area contributed by atoms with Crippen LogP contribution < -0.4 is 5.46 Å². The van der Waals surface area contributed by atoms with Crippen molar-refractivity contribution in [2.24, 2.45) is 0 Å². The van der Waals surface area contributed by atoms with E-state index in [0.29, 0.717) is 6.07 Å². The molecular formula is C14H17BF3NO4. The zero-order valence-corrected chi connectivity index (χ0v) is 13.4. The van der Waals surface area contributed by atoms with Gasteiger partial charge in [0.25, 0.3) is 0 Å². The summed E-state index contributed by atoms with van der Waals surface area (Å²) < 4.78 is 54.5. The molecule has 1 aliphatic rings. The van der Waals surface area contributed by atoms with Crippen LogP contribution in [0.3, 0.4) is 0 Å². The van der Waals surface area contributed by atoms with Crippen LogP contribution in [0.4, 0.5) is 13.2 Å². The standard InChI is InChI=1S/C14H17BF3NO4/c1-12(2)13(3,4)23-15(22-12)9-7-19-10(14(16,17)18)6-8(9)11(20)21-5/h6-7H,1-5H3. The molecule has 0 atom stereocenters.